The molecule has 0 atom stereocenters. The number of rotatable bonds is 6. The Labute approximate surface area is 214 Å². The number of piperidine rings is 1. The van der Waals surface area contributed by atoms with E-state index in [0.717, 1.165) is 29.7 Å². The summed E-state index contributed by atoms with van der Waals surface area (Å²) in [6.45, 7) is 7.19. The Bertz CT molecular complexity index is 1420. The molecule has 0 aromatic carbocycles. The van der Waals surface area contributed by atoms with E-state index in [1.807, 2.05) is 35.0 Å². The predicted octanol–water partition coefficient (Wildman–Crippen LogP) is 1.96. The first-order valence-electron chi connectivity index (χ1n) is 12.1. The largest absolute Gasteiger partial charge is 0.494 e. The fourth-order valence-electron chi connectivity index (χ4n) is 5.35. The highest BCUT2D eigenvalue weighted by Gasteiger charge is 2.53. The van der Waals surface area contributed by atoms with Gasteiger partial charge >= 0.3 is 0 Å². The number of methoxy groups -OCH3 is 2. The van der Waals surface area contributed by atoms with Gasteiger partial charge in [0.1, 0.15) is 22.9 Å². The number of likely N-dealkylation sites (tertiary alicyclic amines) is 2. The first kappa shape index (κ1) is 24.5. The minimum absolute atomic E-state index is 0.0733. The molecule has 11 heteroatoms. The predicted molar refractivity (Wildman–Crippen MR) is 134 cm³/mol. The summed E-state index contributed by atoms with van der Waals surface area (Å²) in [5.41, 5.74) is 2.95. The molecule has 5 heterocycles. The van der Waals surface area contributed by atoms with E-state index in [-0.39, 0.29) is 30.9 Å². The summed E-state index contributed by atoms with van der Waals surface area (Å²) in [6, 6.07) is 4.20. The van der Waals surface area contributed by atoms with Gasteiger partial charge in [-0.2, -0.15) is 15.5 Å². The van der Waals surface area contributed by atoms with Crippen molar-refractivity contribution < 1.29 is 19.1 Å². The van der Waals surface area contributed by atoms with Gasteiger partial charge in [0.15, 0.2) is 5.60 Å². The first-order valence-corrected chi connectivity index (χ1v) is 12.1. The molecule has 37 heavy (non-hydrogen) atoms. The Balaban J connectivity index is 1.30. The minimum Gasteiger partial charge on any atom is -0.494 e. The molecule has 2 aliphatic heterocycles. The second-order valence-corrected chi connectivity index (χ2v) is 9.47. The van der Waals surface area contributed by atoms with Gasteiger partial charge < -0.3 is 19.3 Å². The average molecular weight is 504 g/mol. The van der Waals surface area contributed by atoms with Crippen LogP contribution in [0.15, 0.2) is 37.3 Å². The molecule has 3 aromatic rings. The number of amides is 2. The van der Waals surface area contributed by atoms with Gasteiger partial charge in [0, 0.05) is 43.2 Å². The molecule has 5 rings (SSSR count). The first-order chi connectivity index (χ1) is 17.9. The number of pyridine rings is 1. The lowest BCUT2D eigenvalue weighted by Gasteiger charge is -2.49. The van der Waals surface area contributed by atoms with Gasteiger partial charge in [0.05, 0.1) is 38.6 Å². The highest BCUT2D eigenvalue weighted by atomic mass is 16.5. The van der Waals surface area contributed by atoms with Gasteiger partial charge in [-0.25, -0.2) is 4.52 Å². The Morgan fingerprint density at radius 2 is 1.92 bits per heavy atom. The summed E-state index contributed by atoms with van der Waals surface area (Å²) in [6.07, 6.45) is 8.01. The monoisotopic (exact) mass is 503 g/mol. The SMILES string of the molecule is C=CC(=O)N1CC(OC)(C(=O)N2CCC(n3ncc(-c4cc(OC)c5c(C#N)cnn5c4)c3C)CC2)C1. The molecule has 0 unspecified atom stereocenters. The van der Waals surface area contributed by atoms with Crippen LogP contribution in [-0.2, 0) is 14.3 Å². The van der Waals surface area contributed by atoms with Crippen molar-refractivity contribution in [1.82, 2.24) is 29.2 Å². The van der Waals surface area contributed by atoms with Crippen LogP contribution in [-0.4, -0.2) is 87.0 Å². The third-order valence-electron chi connectivity index (χ3n) is 7.53. The van der Waals surface area contributed by atoms with E-state index in [4.69, 9.17) is 9.47 Å². The fraction of sp³-hybridized carbons (Fsp3) is 0.423. The molecule has 2 aliphatic rings. The topological polar surface area (TPSA) is 118 Å². The van der Waals surface area contributed by atoms with Crippen molar-refractivity contribution >= 4 is 17.3 Å². The van der Waals surface area contributed by atoms with Crippen molar-refractivity contribution in [2.24, 2.45) is 0 Å². The molecule has 2 saturated heterocycles. The smallest absolute Gasteiger partial charge is 0.258 e. The summed E-state index contributed by atoms with van der Waals surface area (Å²) in [5.74, 6) is 0.303. The molecule has 192 valence electrons. The van der Waals surface area contributed by atoms with E-state index in [0.29, 0.717) is 29.9 Å². The Hall–Kier alpha value is -4.17. The highest BCUT2D eigenvalue weighted by molar-refractivity contribution is 5.93. The number of nitriles is 1. The van der Waals surface area contributed by atoms with E-state index < -0.39 is 5.60 Å². The molecule has 0 radical (unpaired) electrons. The molecule has 0 N–H and O–H groups in total. The number of hydrogen-bond donors (Lipinski definition) is 0. The molecule has 0 saturated carbocycles. The van der Waals surface area contributed by atoms with Gasteiger partial charge in [-0.3, -0.25) is 14.3 Å². The number of aromatic nitrogens is 4. The van der Waals surface area contributed by atoms with E-state index >= 15 is 0 Å². The van der Waals surface area contributed by atoms with Crippen LogP contribution >= 0.6 is 0 Å². The summed E-state index contributed by atoms with van der Waals surface area (Å²) in [5, 5.41) is 18.4. The highest BCUT2D eigenvalue weighted by Crippen LogP contribution is 2.34. The van der Waals surface area contributed by atoms with Crippen molar-refractivity contribution in [1.29, 1.82) is 5.26 Å². The number of carbonyl (C=O) groups excluding carboxylic acids is 2. The molecule has 2 fully saturated rings. The van der Waals surface area contributed by atoms with E-state index in [1.165, 1.54) is 19.4 Å². The normalized spacial score (nSPS) is 17.4. The second-order valence-electron chi connectivity index (χ2n) is 9.47. The molecule has 2 amide bonds. The van der Waals surface area contributed by atoms with Crippen LogP contribution in [0.4, 0.5) is 0 Å². The van der Waals surface area contributed by atoms with Crippen molar-refractivity contribution in [3.63, 3.8) is 0 Å². The fourth-order valence-corrected chi connectivity index (χ4v) is 5.35. The molecule has 0 aliphatic carbocycles. The summed E-state index contributed by atoms with van der Waals surface area (Å²) in [4.78, 5) is 28.5. The third kappa shape index (κ3) is 3.94. The summed E-state index contributed by atoms with van der Waals surface area (Å²) in [7, 11) is 3.09. The molecule has 11 nitrogen and oxygen atoms in total. The average Bonchev–Trinajstić information content (AvgIpc) is 3.50. The number of ether oxygens (including phenoxy) is 2. The molecular formula is C26H29N7O4. The number of hydrogen-bond acceptors (Lipinski definition) is 7. The van der Waals surface area contributed by atoms with Crippen molar-refractivity contribution in [2.45, 2.75) is 31.4 Å². The zero-order valence-electron chi connectivity index (χ0n) is 21.2. The minimum atomic E-state index is -0.976. The number of fused-ring (bicyclic) bond motifs is 1. The van der Waals surface area contributed by atoms with Crippen molar-refractivity contribution in [2.75, 3.05) is 40.4 Å². The zero-order chi connectivity index (χ0) is 26.3. The van der Waals surface area contributed by atoms with E-state index in [2.05, 4.69) is 22.8 Å². The van der Waals surface area contributed by atoms with Crippen LogP contribution in [0.1, 0.15) is 30.1 Å². The maximum absolute atomic E-state index is 13.3. The van der Waals surface area contributed by atoms with Gasteiger partial charge in [0.25, 0.3) is 5.91 Å². The lowest BCUT2D eigenvalue weighted by molar-refractivity contribution is -0.182. The van der Waals surface area contributed by atoms with Crippen LogP contribution in [0.2, 0.25) is 0 Å². The number of nitrogens with zero attached hydrogens (tertiary/aromatic N) is 7. The van der Waals surface area contributed by atoms with Gasteiger partial charge in [0.2, 0.25) is 5.91 Å². The van der Waals surface area contributed by atoms with Gasteiger partial charge in [-0.1, -0.05) is 6.58 Å². The van der Waals surface area contributed by atoms with Crippen LogP contribution in [0, 0.1) is 18.3 Å². The molecule has 0 spiro atoms. The maximum Gasteiger partial charge on any atom is 0.258 e. The molecular weight excluding hydrogens is 474 g/mol. The third-order valence-corrected chi connectivity index (χ3v) is 7.53. The van der Waals surface area contributed by atoms with Crippen LogP contribution in [0.5, 0.6) is 5.75 Å². The zero-order valence-corrected chi connectivity index (χ0v) is 21.2. The Morgan fingerprint density at radius 3 is 2.54 bits per heavy atom. The van der Waals surface area contributed by atoms with Crippen LogP contribution in [0.25, 0.3) is 16.6 Å². The standard InChI is InChI=1S/C26H29N7O4/c1-5-23(34)31-15-26(16-31,37-4)25(35)30-8-6-20(7-9-30)33-17(2)21(13-29-33)18-10-22(36-3)24-19(11-27)12-28-32(24)14-18/h5,10,12-14,20H,1,6-9,15-16H2,2-4H3. The van der Waals surface area contributed by atoms with Gasteiger partial charge in [-0.15, -0.1) is 0 Å². The van der Waals surface area contributed by atoms with Crippen LogP contribution < -0.4 is 4.74 Å². The van der Waals surface area contributed by atoms with Crippen molar-refractivity contribution in [3.8, 4) is 22.9 Å². The van der Waals surface area contributed by atoms with Crippen molar-refractivity contribution in [3.05, 3.63) is 48.6 Å². The van der Waals surface area contributed by atoms with E-state index in [1.54, 1.807) is 16.5 Å². The lowest BCUT2D eigenvalue weighted by Crippen LogP contribution is -2.71. The Kier molecular flexibility index (Phi) is 6.21. The summed E-state index contributed by atoms with van der Waals surface area (Å²) >= 11 is 0. The Morgan fingerprint density at radius 1 is 1.19 bits per heavy atom. The molecule has 3 aromatic heterocycles. The number of carbonyl (C=O) groups is 2. The van der Waals surface area contributed by atoms with E-state index in [9.17, 15) is 14.9 Å². The summed E-state index contributed by atoms with van der Waals surface area (Å²) < 4.78 is 14.8. The lowest BCUT2D eigenvalue weighted by atomic mass is 9.90. The maximum atomic E-state index is 13.3. The molecule has 0 bridgehead atoms. The van der Waals surface area contributed by atoms with Gasteiger partial charge in [-0.05, 0) is 31.9 Å². The quantitative estimate of drug-likeness (QED) is 0.472. The second kappa shape index (κ2) is 9.37. The van der Waals surface area contributed by atoms with Crippen LogP contribution in [0.3, 0.4) is 0 Å².